The standard InChI is InChI=1S/C20H19N5OS2/c1-12-6-4-8-15(10-12)18-23-22-17(26-18)11-27-20-25-24-19(28-20)21-16-9-5-7-13(2)14(16)3/h4-10H,11H2,1-3H3,(H,21,24). The molecule has 2 aromatic carbocycles. The van der Waals surface area contributed by atoms with Crippen molar-refractivity contribution >= 4 is 33.9 Å². The van der Waals surface area contributed by atoms with Crippen molar-refractivity contribution in [3.8, 4) is 11.5 Å². The van der Waals surface area contributed by atoms with E-state index < -0.39 is 0 Å². The van der Waals surface area contributed by atoms with Crippen LogP contribution in [0.1, 0.15) is 22.6 Å². The second kappa shape index (κ2) is 8.12. The van der Waals surface area contributed by atoms with Crippen LogP contribution < -0.4 is 5.32 Å². The monoisotopic (exact) mass is 409 g/mol. The fourth-order valence-electron chi connectivity index (χ4n) is 2.65. The number of nitrogens with one attached hydrogen (secondary N) is 1. The molecule has 0 bridgehead atoms. The molecule has 0 radical (unpaired) electrons. The van der Waals surface area contributed by atoms with Crippen LogP contribution in [0.2, 0.25) is 0 Å². The summed E-state index contributed by atoms with van der Waals surface area (Å²) in [6.07, 6.45) is 0. The Bertz CT molecular complexity index is 1110. The molecule has 0 aliphatic heterocycles. The van der Waals surface area contributed by atoms with Crippen LogP contribution in [-0.2, 0) is 5.75 Å². The van der Waals surface area contributed by atoms with Crippen LogP contribution in [0.15, 0.2) is 51.2 Å². The molecule has 8 heteroatoms. The lowest BCUT2D eigenvalue weighted by atomic mass is 10.1. The van der Waals surface area contributed by atoms with E-state index in [1.165, 1.54) is 34.2 Å². The van der Waals surface area contributed by atoms with Crippen molar-refractivity contribution in [3.63, 3.8) is 0 Å². The molecule has 0 aliphatic rings. The van der Waals surface area contributed by atoms with E-state index >= 15 is 0 Å². The van der Waals surface area contributed by atoms with Gasteiger partial charge in [0.25, 0.3) is 0 Å². The van der Waals surface area contributed by atoms with Crippen LogP contribution in [-0.4, -0.2) is 20.4 Å². The van der Waals surface area contributed by atoms with Gasteiger partial charge in [-0.05, 0) is 50.1 Å². The molecule has 0 aliphatic carbocycles. The van der Waals surface area contributed by atoms with Crippen molar-refractivity contribution in [3.05, 3.63) is 65.0 Å². The van der Waals surface area contributed by atoms with Crippen LogP contribution in [0.25, 0.3) is 11.5 Å². The molecule has 6 nitrogen and oxygen atoms in total. The molecule has 142 valence electrons. The van der Waals surface area contributed by atoms with E-state index in [1.54, 1.807) is 0 Å². The summed E-state index contributed by atoms with van der Waals surface area (Å²) < 4.78 is 6.63. The van der Waals surface area contributed by atoms with Crippen LogP contribution in [0, 0.1) is 20.8 Å². The summed E-state index contributed by atoms with van der Waals surface area (Å²) in [4.78, 5) is 0. The number of rotatable bonds is 6. The van der Waals surface area contributed by atoms with Gasteiger partial charge in [0.15, 0.2) is 4.34 Å². The topological polar surface area (TPSA) is 76.7 Å². The van der Waals surface area contributed by atoms with E-state index in [9.17, 15) is 0 Å². The minimum absolute atomic E-state index is 0.536. The number of hydrogen-bond donors (Lipinski definition) is 1. The van der Waals surface area contributed by atoms with Gasteiger partial charge in [-0.25, -0.2) is 0 Å². The molecule has 1 N–H and O–H groups in total. The average Bonchev–Trinajstić information content (AvgIpc) is 3.33. The van der Waals surface area contributed by atoms with Gasteiger partial charge in [0.05, 0.1) is 5.75 Å². The highest BCUT2D eigenvalue weighted by molar-refractivity contribution is 8.00. The number of benzene rings is 2. The van der Waals surface area contributed by atoms with Crippen LogP contribution in [0.5, 0.6) is 0 Å². The lowest BCUT2D eigenvalue weighted by molar-refractivity contribution is 0.528. The molecule has 0 saturated carbocycles. The lowest BCUT2D eigenvalue weighted by Crippen LogP contribution is -1.94. The first-order valence-electron chi connectivity index (χ1n) is 8.77. The summed E-state index contributed by atoms with van der Waals surface area (Å²) in [7, 11) is 0. The maximum atomic E-state index is 5.78. The van der Waals surface area contributed by atoms with Crippen LogP contribution in [0.3, 0.4) is 0 Å². The first-order chi connectivity index (χ1) is 13.6. The summed E-state index contributed by atoms with van der Waals surface area (Å²) in [5, 5.41) is 20.9. The summed E-state index contributed by atoms with van der Waals surface area (Å²) >= 11 is 3.04. The molecule has 0 spiro atoms. The van der Waals surface area contributed by atoms with E-state index in [1.807, 2.05) is 43.3 Å². The highest BCUT2D eigenvalue weighted by Crippen LogP contribution is 2.31. The van der Waals surface area contributed by atoms with Crippen molar-refractivity contribution in [2.75, 3.05) is 5.32 Å². The number of aryl methyl sites for hydroxylation is 2. The van der Waals surface area contributed by atoms with Crippen molar-refractivity contribution in [1.29, 1.82) is 0 Å². The predicted octanol–water partition coefficient (Wildman–Crippen LogP) is 5.55. The molecule has 0 amide bonds. The van der Waals surface area contributed by atoms with E-state index in [2.05, 4.69) is 45.6 Å². The third-order valence-electron chi connectivity index (χ3n) is 4.30. The maximum Gasteiger partial charge on any atom is 0.247 e. The smallest absolute Gasteiger partial charge is 0.247 e. The Kier molecular flexibility index (Phi) is 5.40. The van der Waals surface area contributed by atoms with E-state index in [0.717, 1.165) is 26.3 Å². The molecule has 2 aromatic heterocycles. The first kappa shape index (κ1) is 18.6. The molecule has 2 heterocycles. The molecule has 4 rings (SSSR count). The molecule has 0 atom stereocenters. The SMILES string of the molecule is Cc1cccc(-c2nnc(CSc3nnc(Nc4cccc(C)c4C)s3)o2)c1. The Balaban J connectivity index is 1.39. The quantitative estimate of drug-likeness (QED) is 0.418. The molecule has 0 saturated heterocycles. The fraction of sp³-hybridized carbons (Fsp3) is 0.200. The third kappa shape index (κ3) is 4.23. The minimum Gasteiger partial charge on any atom is -0.420 e. The summed E-state index contributed by atoms with van der Waals surface area (Å²) in [6, 6.07) is 14.2. The van der Waals surface area contributed by atoms with Gasteiger partial charge >= 0.3 is 0 Å². The highest BCUT2D eigenvalue weighted by atomic mass is 32.2. The van der Waals surface area contributed by atoms with Crippen LogP contribution in [0.4, 0.5) is 10.8 Å². The Hall–Kier alpha value is -2.71. The average molecular weight is 410 g/mol. The molecule has 28 heavy (non-hydrogen) atoms. The molecule has 0 fully saturated rings. The van der Waals surface area contributed by atoms with Gasteiger partial charge in [-0.1, -0.05) is 52.9 Å². The number of hydrogen-bond acceptors (Lipinski definition) is 8. The van der Waals surface area contributed by atoms with Gasteiger partial charge < -0.3 is 9.73 Å². The van der Waals surface area contributed by atoms with Crippen molar-refractivity contribution in [1.82, 2.24) is 20.4 Å². The lowest BCUT2D eigenvalue weighted by Gasteiger charge is -2.08. The number of thioether (sulfide) groups is 1. The van der Waals surface area contributed by atoms with E-state index in [4.69, 9.17) is 4.42 Å². The van der Waals surface area contributed by atoms with Crippen LogP contribution >= 0.6 is 23.1 Å². The normalized spacial score (nSPS) is 11.0. The second-order valence-corrected chi connectivity index (χ2v) is 8.60. The first-order valence-corrected chi connectivity index (χ1v) is 10.6. The third-order valence-corrected chi connectivity index (χ3v) is 6.26. The van der Waals surface area contributed by atoms with Crippen molar-refractivity contribution in [2.45, 2.75) is 30.9 Å². The Morgan fingerprint density at radius 2 is 1.86 bits per heavy atom. The zero-order valence-electron chi connectivity index (χ0n) is 15.8. The van der Waals surface area contributed by atoms with Gasteiger partial charge in [-0.2, -0.15) is 0 Å². The number of anilines is 2. The van der Waals surface area contributed by atoms with Gasteiger partial charge in [0.1, 0.15) is 0 Å². The zero-order valence-corrected chi connectivity index (χ0v) is 17.4. The van der Waals surface area contributed by atoms with E-state index in [-0.39, 0.29) is 0 Å². The van der Waals surface area contributed by atoms with Gasteiger partial charge in [0, 0.05) is 11.3 Å². The van der Waals surface area contributed by atoms with Gasteiger partial charge in [-0.15, -0.1) is 20.4 Å². The second-order valence-electron chi connectivity index (χ2n) is 6.40. The highest BCUT2D eigenvalue weighted by Gasteiger charge is 2.12. The maximum absolute atomic E-state index is 5.78. The van der Waals surface area contributed by atoms with Crippen molar-refractivity contribution < 1.29 is 4.42 Å². The Morgan fingerprint density at radius 1 is 1.00 bits per heavy atom. The molecular weight excluding hydrogens is 390 g/mol. The van der Waals surface area contributed by atoms with Gasteiger partial charge in [0.2, 0.25) is 16.9 Å². The predicted molar refractivity (Wildman–Crippen MR) is 113 cm³/mol. The Labute approximate surface area is 171 Å². The fourth-order valence-corrected chi connectivity index (χ4v) is 4.25. The number of nitrogens with zero attached hydrogens (tertiary/aromatic N) is 4. The number of aromatic nitrogens is 4. The molecule has 4 aromatic rings. The Morgan fingerprint density at radius 3 is 2.71 bits per heavy atom. The molecular formula is C20H19N5OS2. The van der Waals surface area contributed by atoms with Crippen molar-refractivity contribution in [2.24, 2.45) is 0 Å². The molecule has 0 unspecified atom stereocenters. The summed E-state index contributed by atoms with van der Waals surface area (Å²) in [6.45, 7) is 6.23. The largest absolute Gasteiger partial charge is 0.420 e. The minimum atomic E-state index is 0.536. The summed E-state index contributed by atoms with van der Waals surface area (Å²) in [5.74, 6) is 1.66. The van der Waals surface area contributed by atoms with Gasteiger partial charge in [-0.3, -0.25) is 0 Å². The zero-order chi connectivity index (χ0) is 19.5. The summed E-state index contributed by atoms with van der Waals surface area (Å²) in [5.41, 5.74) is 5.59. The van der Waals surface area contributed by atoms with E-state index in [0.29, 0.717) is 17.5 Å².